The van der Waals surface area contributed by atoms with Crippen molar-refractivity contribution in [3.63, 3.8) is 0 Å². The summed E-state index contributed by atoms with van der Waals surface area (Å²) in [5.41, 5.74) is -1.60. The van der Waals surface area contributed by atoms with Gasteiger partial charge in [0.15, 0.2) is 0 Å². The molecule has 1 fully saturated rings. The van der Waals surface area contributed by atoms with Crippen LogP contribution in [0.15, 0.2) is 0 Å². The summed E-state index contributed by atoms with van der Waals surface area (Å²) in [5.74, 6) is -1.17. The van der Waals surface area contributed by atoms with Gasteiger partial charge in [-0.25, -0.2) is 0 Å². The predicted molar refractivity (Wildman–Crippen MR) is 74.4 cm³/mol. The van der Waals surface area contributed by atoms with Crippen LogP contribution < -0.4 is 4.72 Å². The van der Waals surface area contributed by atoms with Gasteiger partial charge in [0.05, 0.1) is 12.0 Å². The van der Waals surface area contributed by atoms with E-state index < -0.39 is 28.2 Å². The molecule has 118 valence electrons. The second-order valence-electron chi connectivity index (χ2n) is 5.70. The molecule has 7 nitrogen and oxygen atoms in total. The van der Waals surface area contributed by atoms with Crippen molar-refractivity contribution in [2.75, 3.05) is 13.6 Å². The van der Waals surface area contributed by atoms with Crippen LogP contribution in [0.2, 0.25) is 0 Å². The minimum absolute atomic E-state index is 0.0225. The molecule has 1 aliphatic rings. The van der Waals surface area contributed by atoms with Gasteiger partial charge < -0.3 is 10.2 Å². The maximum Gasteiger partial charge on any atom is 0.306 e. The summed E-state index contributed by atoms with van der Waals surface area (Å²) in [7, 11) is -2.18. The van der Waals surface area contributed by atoms with Crippen LogP contribution in [-0.4, -0.2) is 54.1 Å². The van der Waals surface area contributed by atoms with Gasteiger partial charge >= 0.3 is 5.97 Å². The summed E-state index contributed by atoms with van der Waals surface area (Å²) in [4.78, 5) is 10.6. The molecule has 1 rings (SSSR count). The van der Waals surface area contributed by atoms with Crippen molar-refractivity contribution < 1.29 is 23.4 Å². The van der Waals surface area contributed by atoms with Crippen molar-refractivity contribution in [3.8, 4) is 0 Å². The number of aliphatic hydroxyl groups is 1. The van der Waals surface area contributed by atoms with E-state index >= 15 is 0 Å². The highest BCUT2D eigenvalue weighted by Crippen LogP contribution is 2.23. The van der Waals surface area contributed by atoms with Crippen molar-refractivity contribution in [2.24, 2.45) is 0 Å². The number of carboxylic acids is 1. The second-order valence-corrected chi connectivity index (χ2v) is 7.52. The molecule has 0 aromatic carbocycles. The molecule has 1 unspecified atom stereocenters. The molecular formula is C12H24N2O5S. The Morgan fingerprint density at radius 1 is 1.35 bits per heavy atom. The summed E-state index contributed by atoms with van der Waals surface area (Å²) in [6.45, 7) is 0.975. The molecule has 0 heterocycles. The van der Waals surface area contributed by atoms with Gasteiger partial charge in [-0.15, -0.1) is 0 Å². The standard InChI is InChI=1S/C12H24N2O5S/c1-12(17,8-11(15)16)9-13-20(18,19)14(2)10-6-4-3-5-7-10/h10,13,17H,3-9H2,1-2H3,(H,15,16). The first kappa shape index (κ1) is 17.4. The molecule has 0 saturated heterocycles. The fourth-order valence-electron chi connectivity index (χ4n) is 2.38. The minimum Gasteiger partial charge on any atom is -0.481 e. The van der Waals surface area contributed by atoms with Gasteiger partial charge in [-0.2, -0.15) is 17.4 Å². The van der Waals surface area contributed by atoms with Gasteiger partial charge in [0.2, 0.25) is 0 Å². The maximum absolute atomic E-state index is 12.1. The first-order chi connectivity index (χ1) is 9.14. The van der Waals surface area contributed by atoms with Crippen molar-refractivity contribution >= 4 is 16.2 Å². The van der Waals surface area contributed by atoms with Crippen LogP contribution in [0.1, 0.15) is 45.4 Å². The first-order valence-electron chi connectivity index (χ1n) is 6.81. The van der Waals surface area contributed by atoms with Crippen LogP contribution in [0, 0.1) is 0 Å². The van der Waals surface area contributed by atoms with E-state index in [0.29, 0.717) is 0 Å². The smallest absolute Gasteiger partial charge is 0.306 e. The molecule has 0 radical (unpaired) electrons. The highest BCUT2D eigenvalue weighted by atomic mass is 32.2. The molecule has 3 N–H and O–H groups in total. The van der Waals surface area contributed by atoms with Crippen LogP contribution in [0.5, 0.6) is 0 Å². The Balaban J connectivity index is 2.58. The Labute approximate surface area is 120 Å². The van der Waals surface area contributed by atoms with Crippen molar-refractivity contribution in [1.29, 1.82) is 0 Å². The lowest BCUT2D eigenvalue weighted by Gasteiger charge is -2.31. The Morgan fingerprint density at radius 2 is 1.90 bits per heavy atom. The molecule has 1 saturated carbocycles. The third-order valence-electron chi connectivity index (χ3n) is 3.64. The van der Waals surface area contributed by atoms with Gasteiger partial charge in [0.25, 0.3) is 10.2 Å². The fourth-order valence-corrected chi connectivity index (χ4v) is 3.68. The van der Waals surface area contributed by atoms with E-state index in [4.69, 9.17) is 5.11 Å². The number of aliphatic carboxylic acids is 1. The highest BCUT2D eigenvalue weighted by Gasteiger charge is 2.31. The Bertz CT molecular complexity index is 429. The van der Waals surface area contributed by atoms with Crippen LogP contribution in [-0.2, 0) is 15.0 Å². The van der Waals surface area contributed by atoms with E-state index in [1.807, 2.05) is 0 Å². The van der Waals surface area contributed by atoms with Crippen LogP contribution >= 0.6 is 0 Å². The molecule has 0 bridgehead atoms. The number of nitrogens with zero attached hydrogens (tertiary/aromatic N) is 1. The monoisotopic (exact) mass is 308 g/mol. The van der Waals surface area contributed by atoms with E-state index in [0.717, 1.165) is 32.1 Å². The first-order valence-corrected chi connectivity index (χ1v) is 8.25. The molecule has 8 heteroatoms. The SMILES string of the molecule is CN(C1CCCCC1)S(=O)(=O)NCC(C)(O)CC(=O)O. The van der Waals surface area contributed by atoms with Crippen molar-refractivity contribution in [2.45, 2.75) is 57.1 Å². The average Bonchev–Trinajstić information content (AvgIpc) is 2.35. The molecule has 0 aliphatic heterocycles. The van der Waals surface area contributed by atoms with Gasteiger partial charge in [0, 0.05) is 19.6 Å². The van der Waals surface area contributed by atoms with Crippen molar-refractivity contribution in [3.05, 3.63) is 0 Å². The molecular weight excluding hydrogens is 284 g/mol. The molecule has 0 aromatic heterocycles. The van der Waals surface area contributed by atoms with Crippen LogP contribution in [0.25, 0.3) is 0 Å². The molecule has 20 heavy (non-hydrogen) atoms. The quantitative estimate of drug-likeness (QED) is 0.627. The van der Waals surface area contributed by atoms with E-state index in [9.17, 15) is 18.3 Å². The lowest BCUT2D eigenvalue weighted by molar-refractivity contribution is -0.141. The summed E-state index contributed by atoms with van der Waals surface area (Å²) in [6.07, 6.45) is 4.32. The number of carbonyl (C=O) groups is 1. The summed E-state index contributed by atoms with van der Waals surface area (Å²) in [6, 6.07) is -0.0225. The van der Waals surface area contributed by atoms with Crippen LogP contribution in [0.4, 0.5) is 0 Å². The second kappa shape index (κ2) is 6.84. The van der Waals surface area contributed by atoms with Crippen LogP contribution in [0.3, 0.4) is 0 Å². The zero-order valence-corrected chi connectivity index (χ0v) is 12.8. The lowest BCUT2D eigenvalue weighted by atomic mass is 9.96. The third-order valence-corrected chi connectivity index (χ3v) is 5.20. The van der Waals surface area contributed by atoms with Gasteiger partial charge in [-0.3, -0.25) is 4.79 Å². The number of hydrogen-bond donors (Lipinski definition) is 3. The Hall–Kier alpha value is -0.700. The Kier molecular flexibility index (Phi) is 5.93. The van der Waals surface area contributed by atoms with Crippen molar-refractivity contribution in [1.82, 2.24) is 9.03 Å². The number of hydrogen-bond acceptors (Lipinski definition) is 4. The number of nitrogens with one attached hydrogen (secondary N) is 1. The van der Waals surface area contributed by atoms with Gasteiger partial charge in [-0.05, 0) is 19.8 Å². The van der Waals surface area contributed by atoms with E-state index in [1.165, 1.54) is 18.3 Å². The third kappa shape index (κ3) is 5.35. The largest absolute Gasteiger partial charge is 0.481 e. The number of rotatable bonds is 7. The predicted octanol–water partition coefficient (Wildman–Crippen LogP) is 0.311. The molecule has 0 amide bonds. The zero-order valence-electron chi connectivity index (χ0n) is 12.0. The van der Waals surface area contributed by atoms with E-state index in [2.05, 4.69) is 4.72 Å². The summed E-state index contributed by atoms with van der Waals surface area (Å²) >= 11 is 0. The summed E-state index contributed by atoms with van der Waals surface area (Å²) < 4.78 is 27.8. The van der Waals surface area contributed by atoms with Gasteiger partial charge in [-0.1, -0.05) is 19.3 Å². The van der Waals surface area contributed by atoms with E-state index in [-0.39, 0.29) is 12.6 Å². The topological polar surface area (TPSA) is 107 Å². The lowest BCUT2D eigenvalue weighted by Crippen LogP contribution is -2.49. The Morgan fingerprint density at radius 3 is 2.40 bits per heavy atom. The minimum atomic E-state index is -3.70. The highest BCUT2D eigenvalue weighted by molar-refractivity contribution is 7.87. The fraction of sp³-hybridized carbons (Fsp3) is 0.917. The average molecular weight is 308 g/mol. The zero-order chi connectivity index (χ0) is 15.4. The summed E-state index contributed by atoms with van der Waals surface area (Å²) in [5, 5.41) is 18.5. The normalized spacial score (nSPS) is 20.8. The van der Waals surface area contributed by atoms with Gasteiger partial charge in [0.1, 0.15) is 0 Å². The molecule has 0 spiro atoms. The maximum atomic E-state index is 12.1. The molecule has 1 atom stereocenters. The molecule has 1 aliphatic carbocycles. The number of carboxylic acid groups (broad SMARTS) is 1. The molecule has 0 aromatic rings. The van der Waals surface area contributed by atoms with E-state index in [1.54, 1.807) is 0 Å².